The van der Waals surface area contributed by atoms with Crippen LogP contribution in [0.5, 0.6) is 0 Å². The molecule has 32 heavy (non-hydrogen) atoms. The zero-order chi connectivity index (χ0) is 22.6. The van der Waals surface area contributed by atoms with Gasteiger partial charge < -0.3 is 9.15 Å². The summed E-state index contributed by atoms with van der Waals surface area (Å²) < 4.78 is 50.7. The van der Waals surface area contributed by atoms with Gasteiger partial charge in [0.15, 0.2) is 0 Å². The average molecular weight is 457 g/mol. The number of sulfonamides is 1. The van der Waals surface area contributed by atoms with Crippen LogP contribution >= 0.6 is 0 Å². The van der Waals surface area contributed by atoms with E-state index in [1.807, 2.05) is 0 Å². The molecule has 0 unspecified atom stereocenters. The van der Waals surface area contributed by atoms with Gasteiger partial charge in [0.05, 0.1) is 24.3 Å². The zero-order valence-corrected chi connectivity index (χ0v) is 17.7. The Morgan fingerprint density at radius 2 is 1.81 bits per heavy atom. The molecule has 4 rings (SSSR count). The van der Waals surface area contributed by atoms with E-state index in [2.05, 4.69) is 10.5 Å². The normalized spacial score (nSPS) is 15.2. The van der Waals surface area contributed by atoms with Crippen LogP contribution in [0.25, 0.3) is 11.3 Å². The van der Waals surface area contributed by atoms with E-state index in [1.54, 1.807) is 24.3 Å². The largest absolute Gasteiger partial charge is 0.455 e. The van der Waals surface area contributed by atoms with Gasteiger partial charge in [-0.3, -0.25) is 4.79 Å². The number of carbonyl (C=O) groups is 1. The van der Waals surface area contributed by atoms with Crippen LogP contribution in [-0.2, 0) is 14.8 Å². The molecule has 0 aliphatic carbocycles. The summed E-state index contributed by atoms with van der Waals surface area (Å²) in [5.74, 6) is 0.00396. The van der Waals surface area contributed by atoms with Crippen molar-refractivity contribution in [1.29, 1.82) is 0 Å². The molecule has 10 heteroatoms. The van der Waals surface area contributed by atoms with E-state index in [-0.39, 0.29) is 29.4 Å². The smallest absolute Gasteiger partial charge is 0.271 e. The van der Waals surface area contributed by atoms with E-state index < -0.39 is 15.9 Å². The Morgan fingerprint density at radius 1 is 1.06 bits per heavy atom. The third-order valence-corrected chi connectivity index (χ3v) is 6.71. The van der Waals surface area contributed by atoms with Gasteiger partial charge in [-0.1, -0.05) is 6.07 Å². The van der Waals surface area contributed by atoms with Crippen molar-refractivity contribution in [3.05, 3.63) is 77.8 Å². The fourth-order valence-electron chi connectivity index (χ4n) is 3.14. The van der Waals surface area contributed by atoms with Crippen molar-refractivity contribution < 1.29 is 26.8 Å². The summed E-state index contributed by atoms with van der Waals surface area (Å²) in [6.45, 7) is 1.21. The molecule has 0 spiro atoms. The Kier molecular flexibility index (Phi) is 6.45. The maximum Gasteiger partial charge on any atom is 0.271 e. The van der Waals surface area contributed by atoms with Crippen LogP contribution in [-0.4, -0.2) is 51.1 Å². The van der Waals surface area contributed by atoms with Gasteiger partial charge in [0, 0.05) is 24.2 Å². The van der Waals surface area contributed by atoms with E-state index in [1.165, 1.54) is 46.9 Å². The molecule has 1 aromatic heterocycles. The number of furan rings is 1. The summed E-state index contributed by atoms with van der Waals surface area (Å²) in [6, 6.07) is 15.0. The lowest BCUT2D eigenvalue weighted by molar-refractivity contribution is 0.0730. The SMILES string of the molecule is O=C(N/N=C/c1ccc(-c2ccc(F)cc2)o1)c1cccc(S(=O)(=O)N2CCOCC2)c1. The van der Waals surface area contributed by atoms with Crippen LogP contribution in [0, 0.1) is 5.82 Å². The lowest BCUT2D eigenvalue weighted by Gasteiger charge is -2.26. The molecule has 0 bridgehead atoms. The second kappa shape index (κ2) is 9.43. The number of benzene rings is 2. The summed E-state index contributed by atoms with van der Waals surface area (Å²) in [5, 5.41) is 3.87. The summed E-state index contributed by atoms with van der Waals surface area (Å²) in [6.07, 6.45) is 1.32. The van der Waals surface area contributed by atoms with E-state index >= 15 is 0 Å². The fourth-order valence-corrected chi connectivity index (χ4v) is 4.60. The number of ether oxygens (including phenoxy) is 1. The molecule has 2 aromatic carbocycles. The predicted octanol–water partition coefficient (Wildman–Crippen LogP) is 2.87. The molecule has 1 fully saturated rings. The molecule has 3 aromatic rings. The number of rotatable bonds is 6. The van der Waals surface area contributed by atoms with Gasteiger partial charge in [-0.25, -0.2) is 18.2 Å². The Hall–Kier alpha value is -3.34. The molecule has 1 amide bonds. The average Bonchev–Trinajstić information content (AvgIpc) is 3.29. The summed E-state index contributed by atoms with van der Waals surface area (Å²) in [7, 11) is -3.71. The van der Waals surface area contributed by atoms with Gasteiger partial charge in [0.2, 0.25) is 10.0 Å². The van der Waals surface area contributed by atoms with E-state index in [4.69, 9.17) is 9.15 Å². The van der Waals surface area contributed by atoms with Gasteiger partial charge >= 0.3 is 0 Å². The highest BCUT2D eigenvalue weighted by Crippen LogP contribution is 2.22. The molecular weight excluding hydrogens is 437 g/mol. The highest BCUT2D eigenvalue weighted by atomic mass is 32.2. The first kappa shape index (κ1) is 21.9. The van der Waals surface area contributed by atoms with Crippen molar-refractivity contribution >= 4 is 22.1 Å². The molecule has 1 aliphatic rings. The first-order valence-corrected chi connectivity index (χ1v) is 11.2. The number of hydrogen-bond acceptors (Lipinski definition) is 6. The predicted molar refractivity (Wildman–Crippen MR) is 115 cm³/mol. The Labute approximate surface area is 184 Å². The molecule has 166 valence electrons. The zero-order valence-electron chi connectivity index (χ0n) is 16.9. The van der Waals surface area contributed by atoms with Gasteiger partial charge in [0.1, 0.15) is 17.3 Å². The molecule has 2 heterocycles. The quantitative estimate of drug-likeness (QED) is 0.453. The number of hydrogen-bond donors (Lipinski definition) is 1. The highest BCUT2D eigenvalue weighted by Gasteiger charge is 2.26. The molecule has 0 saturated carbocycles. The van der Waals surface area contributed by atoms with Crippen LogP contribution in [0.15, 0.2) is 75.1 Å². The maximum atomic E-state index is 13.0. The third kappa shape index (κ3) is 4.93. The summed E-state index contributed by atoms with van der Waals surface area (Å²) in [5.41, 5.74) is 3.21. The number of carbonyl (C=O) groups excluding carboxylic acids is 1. The van der Waals surface area contributed by atoms with Crippen LogP contribution in [0.1, 0.15) is 16.1 Å². The molecule has 0 radical (unpaired) electrons. The molecule has 1 N–H and O–H groups in total. The minimum Gasteiger partial charge on any atom is -0.455 e. The van der Waals surface area contributed by atoms with Crippen LogP contribution in [0.2, 0.25) is 0 Å². The number of amides is 1. The second-order valence-corrected chi connectivity index (χ2v) is 8.89. The Bertz CT molecular complexity index is 1230. The Morgan fingerprint density at radius 3 is 2.56 bits per heavy atom. The third-order valence-electron chi connectivity index (χ3n) is 4.82. The fraction of sp³-hybridized carbons (Fsp3) is 0.182. The summed E-state index contributed by atoms with van der Waals surface area (Å²) in [4.78, 5) is 12.5. The second-order valence-electron chi connectivity index (χ2n) is 6.95. The summed E-state index contributed by atoms with van der Waals surface area (Å²) >= 11 is 0. The number of morpholine rings is 1. The van der Waals surface area contributed by atoms with Crippen molar-refractivity contribution in [2.75, 3.05) is 26.3 Å². The van der Waals surface area contributed by atoms with E-state index in [0.717, 1.165) is 0 Å². The molecule has 1 aliphatic heterocycles. The monoisotopic (exact) mass is 457 g/mol. The van der Waals surface area contributed by atoms with Crippen molar-refractivity contribution in [2.45, 2.75) is 4.90 Å². The molecule has 8 nitrogen and oxygen atoms in total. The van der Waals surface area contributed by atoms with E-state index in [9.17, 15) is 17.6 Å². The van der Waals surface area contributed by atoms with Crippen molar-refractivity contribution in [3.63, 3.8) is 0 Å². The van der Waals surface area contributed by atoms with Crippen molar-refractivity contribution in [3.8, 4) is 11.3 Å². The van der Waals surface area contributed by atoms with Gasteiger partial charge in [-0.05, 0) is 54.6 Å². The first-order valence-electron chi connectivity index (χ1n) is 9.81. The van der Waals surface area contributed by atoms with Crippen molar-refractivity contribution in [2.24, 2.45) is 5.10 Å². The Balaban J connectivity index is 1.42. The highest BCUT2D eigenvalue weighted by molar-refractivity contribution is 7.89. The lowest BCUT2D eigenvalue weighted by Crippen LogP contribution is -2.40. The number of halogens is 1. The molecular formula is C22H20FN3O5S. The van der Waals surface area contributed by atoms with Crippen LogP contribution < -0.4 is 5.43 Å². The van der Waals surface area contributed by atoms with Gasteiger partial charge in [-0.2, -0.15) is 9.41 Å². The number of nitrogens with zero attached hydrogens (tertiary/aromatic N) is 2. The topological polar surface area (TPSA) is 101 Å². The van der Waals surface area contributed by atoms with Crippen LogP contribution in [0.3, 0.4) is 0 Å². The lowest BCUT2D eigenvalue weighted by atomic mass is 10.2. The number of hydrazone groups is 1. The standard InChI is InChI=1S/C22H20FN3O5S/c23-18-6-4-16(5-7-18)21-9-8-19(31-21)15-24-25-22(27)17-2-1-3-20(14-17)32(28,29)26-10-12-30-13-11-26/h1-9,14-15H,10-13H2,(H,25,27)/b24-15+. The van der Waals surface area contributed by atoms with Crippen molar-refractivity contribution in [1.82, 2.24) is 9.73 Å². The van der Waals surface area contributed by atoms with Gasteiger partial charge in [0.25, 0.3) is 5.91 Å². The maximum absolute atomic E-state index is 13.0. The first-order chi connectivity index (χ1) is 15.4. The number of nitrogens with one attached hydrogen (secondary N) is 1. The van der Waals surface area contributed by atoms with Crippen LogP contribution in [0.4, 0.5) is 4.39 Å². The van der Waals surface area contributed by atoms with E-state index in [0.29, 0.717) is 30.3 Å². The minimum atomic E-state index is -3.71. The minimum absolute atomic E-state index is 0.0333. The molecule has 1 saturated heterocycles. The molecule has 0 atom stereocenters. The van der Waals surface area contributed by atoms with Gasteiger partial charge in [-0.15, -0.1) is 0 Å².